The summed E-state index contributed by atoms with van der Waals surface area (Å²) in [5, 5.41) is 3.45. The summed E-state index contributed by atoms with van der Waals surface area (Å²) >= 11 is 0. The number of aromatic nitrogens is 2. The number of rotatable bonds is 7. The molecular formula is C16H21N3. The Bertz CT molecular complexity index is 474. The minimum atomic E-state index is 0.597. The number of hydrogen-bond donors (Lipinski definition) is 1. The lowest BCUT2D eigenvalue weighted by atomic mass is 10.2. The Morgan fingerprint density at radius 3 is 2.89 bits per heavy atom. The Morgan fingerprint density at radius 2 is 2.16 bits per heavy atom. The number of nitrogens with zero attached hydrogens (tertiary/aromatic N) is 2. The molecule has 0 amide bonds. The van der Waals surface area contributed by atoms with E-state index in [0.29, 0.717) is 5.92 Å². The zero-order valence-electron chi connectivity index (χ0n) is 11.4. The second kappa shape index (κ2) is 7.54. The van der Waals surface area contributed by atoms with Gasteiger partial charge in [0, 0.05) is 25.5 Å². The van der Waals surface area contributed by atoms with Crippen molar-refractivity contribution in [1.82, 2.24) is 14.9 Å². The van der Waals surface area contributed by atoms with E-state index < -0.39 is 0 Å². The standard InChI is InChI=1S/C16H21N3/c1-15(13-19-11-10-18-14-19)12-17-9-5-8-16-6-3-2-4-7-16/h2-8,10-11,14-15,17H,9,12-13H2,1H3/b8-5+. The summed E-state index contributed by atoms with van der Waals surface area (Å²) in [6.07, 6.45) is 10.0. The summed E-state index contributed by atoms with van der Waals surface area (Å²) in [5.74, 6) is 0.597. The molecule has 0 saturated heterocycles. The van der Waals surface area contributed by atoms with Crippen molar-refractivity contribution in [2.75, 3.05) is 13.1 Å². The maximum Gasteiger partial charge on any atom is 0.0946 e. The Hall–Kier alpha value is -1.87. The summed E-state index contributed by atoms with van der Waals surface area (Å²) in [6, 6.07) is 10.4. The van der Waals surface area contributed by atoms with E-state index in [1.54, 1.807) is 0 Å². The molecule has 1 aromatic heterocycles. The van der Waals surface area contributed by atoms with E-state index in [0.717, 1.165) is 19.6 Å². The van der Waals surface area contributed by atoms with Crippen molar-refractivity contribution in [2.45, 2.75) is 13.5 Å². The van der Waals surface area contributed by atoms with Crippen LogP contribution in [-0.2, 0) is 6.54 Å². The average molecular weight is 255 g/mol. The van der Waals surface area contributed by atoms with Gasteiger partial charge in [-0.2, -0.15) is 0 Å². The molecule has 2 rings (SSSR count). The molecule has 0 fully saturated rings. The van der Waals surface area contributed by atoms with Gasteiger partial charge in [-0.25, -0.2) is 4.98 Å². The average Bonchev–Trinajstić information content (AvgIpc) is 2.92. The summed E-state index contributed by atoms with van der Waals surface area (Å²) in [6.45, 7) is 5.17. The monoisotopic (exact) mass is 255 g/mol. The third kappa shape index (κ3) is 5.10. The fourth-order valence-electron chi connectivity index (χ4n) is 1.99. The van der Waals surface area contributed by atoms with Gasteiger partial charge in [-0.15, -0.1) is 0 Å². The maximum absolute atomic E-state index is 4.05. The molecule has 2 aromatic rings. The van der Waals surface area contributed by atoms with E-state index in [-0.39, 0.29) is 0 Å². The lowest BCUT2D eigenvalue weighted by Gasteiger charge is -2.12. The highest BCUT2D eigenvalue weighted by molar-refractivity contribution is 5.48. The molecule has 1 unspecified atom stereocenters. The van der Waals surface area contributed by atoms with Gasteiger partial charge in [0.05, 0.1) is 6.33 Å². The van der Waals surface area contributed by atoms with Gasteiger partial charge in [0.2, 0.25) is 0 Å². The molecule has 100 valence electrons. The minimum absolute atomic E-state index is 0.597. The van der Waals surface area contributed by atoms with Crippen molar-refractivity contribution < 1.29 is 0 Å². The normalized spacial score (nSPS) is 12.9. The minimum Gasteiger partial charge on any atom is -0.337 e. The van der Waals surface area contributed by atoms with Crippen LogP contribution >= 0.6 is 0 Å². The number of imidazole rings is 1. The molecule has 0 radical (unpaired) electrons. The topological polar surface area (TPSA) is 29.9 Å². The van der Waals surface area contributed by atoms with Crippen molar-refractivity contribution in [2.24, 2.45) is 5.92 Å². The molecule has 0 bridgehead atoms. The predicted molar refractivity (Wildman–Crippen MR) is 79.7 cm³/mol. The first kappa shape index (κ1) is 13.6. The molecule has 1 atom stereocenters. The lowest BCUT2D eigenvalue weighted by Crippen LogP contribution is -2.23. The van der Waals surface area contributed by atoms with Crippen LogP contribution in [-0.4, -0.2) is 22.6 Å². The smallest absolute Gasteiger partial charge is 0.0946 e. The first-order valence-corrected chi connectivity index (χ1v) is 6.72. The lowest BCUT2D eigenvalue weighted by molar-refractivity contribution is 0.455. The van der Waals surface area contributed by atoms with Gasteiger partial charge in [0.15, 0.2) is 0 Å². The fraction of sp³-hybridized carbons (Fsp3) is 0.312. The number of nitrogens with one attached hydrogen (secondary N) is 1. The number of benzene rings is 1. The van der Waals surface area contributed by atoms with Crippen LogP contribution in [0, 0.1) is 5.92 Å². The van der Waals surface area contributed by atoms with Gasteiger partial charge in [-0.05, 0) is 18.0 Å². The van der Waals surface area contributed by atoms with E-state index in [2.05, 4.69) is 58.2 Å². The van der Waals surface area contributed by atoms with Crippen LogP contribution in [0.2, 0.25) is 0 Å². The van der Waals surface area contributed by atoms with Crippen molar-refractivity contribution in [3.05, 3.63) is 60.7 Å². The van der Waals surface area contributed by atoms with E-state index >= 15 is 0 Å². The summed E-state index contributed by atoms with van der Waals surface area (Å²) in [7, 11) is 0. The molecule has 0 saturated carbocycles. The van der Waals surface area contributed by atoms with E-state index in [9.17, 15) is 0 Å². The SMILES string of the molecule is CC(CNC/C=C/c1ccccc1)Cn1ccnc1. The molecule has 1 N–H and O–H groups in total. The second-order valence-electron chi connectivity index (χ2n) is 4.84. The third-order valence-corrected chi connectivity index (χ3v) is 2.95. The highest BCUT2D eigenvalue weighted by Gasteiger charge is 2.01. The molecule has 0 aliphatic rings. The zero-order valence-corrected chi connectivity index (χ0v) is 11.4. The Morgan fingerprint density at radius 1 is 1.32 bits per heavy atom. The van der Waals surface area contributed by atoms with Crippen molar-refractivity contribution in [3.63, 3.8) is 0 Å². The van der Waals surface area contributed by atoms with Crippen molar-refractivity contribution in [3.8, 4) is 0 Å². The summed E-state index contributed by atoms with van der Waals surface area (Å²) in [5.41, 5.74) is 1.25. The van der Waals surface area contributed by atoms with Crippen LogP contribution in [0.3, 0.4) is 0 Å². The molecule has 0 spiro atoms. The van der Waals surface area contributed by atoms with Crippen LogP contribution < -0.4 is 5.32 Å². The van der Waals surface area contributed by atoms with Gasteiger partial charge in [0.1, 0.15) is 0 Å². The Kier molecular flexibility index (Phi) is 5.38. The first-order valence-electron chi connectivity index (χ1n) is 6.72. The Labute approximate surface area is 115 Å². The highest BCUT2D eigenvalue weighted by atomic mass is 15.0. The van der Waals surface area contributed by atoms with Crippen molar-refractivity contribution >= 4 is 6.08 Å². The van der Waals surface area contributed by atoms with Gasteiger partial charge in [0.25, 0.3) is 0 Å². The van der Waals surface area contributed by atoms with Crippen LogP contribution in [0.1, 0.15) is 12.5 Å². The van der Waals surface area contributed by atoms with Crippen LogP contribution in [0.25, 0.3) is 6.08 Å². The molecular weight excluding hydrogens is 234 g/mol. The number of hydrogen-bond acceptors (Lipinski definition) is 2. The van der Waals surface area contributed by atoms with Crippen LogP contribution in [0.15, 0.2) is 55.1 Å². The van der Waals surface area contributed by atoms with E-state index in [1.165, 1.54) is 5.56 Å². The maximum atomic E-state index is 4.05. The molecule has 19 heavy (non-hydrogen) atoms. The van der Waals surface area contributed by atoms with Crippen LogP contribution in [0.5, 0.6) is 0 Å². The molecule has 3 nitrogen and oxygen atoms in total. The zero-order chi connectivity index (χ0) is 13.3. The first-order chi connectivity index (χ1) is 9.34. The Balaban J connectivity index is 1.62. The van der Waals surface area contributed by atoms with E-state index in [4.69, 9.17) is 0 Å². The molecule has 0 aliphatic heterocycles. The van der Waals surface area contributed by atoms with Gasteiger partial charge >= 0.3 is 0 Å². The summed E-state index contributed by atoms with van der Waals surface area (Å²) in [4.78, 5) is 4.05. The molecule has 1 aromatic carbocycles. The molecule has 0 aliphatic carbocycles. The quantitative estimate of drug-likeness (QED) is 0.771. The third-order valence-electron chi connectivity index (χ3n) is 2.95. The largest absolute Gasteiger partial charge is 0.337 e. The molecule has 1 heterocycles. The van der Waals surface area contributed by atoms with Gasteiger partial charge < -0.3 is 9.88 Å². The van der Waals surface area contributed by atoms with Crippen molar-refractivity contribution in [1.29, 1.82) is 0 Å². The van der Waals surface area contributed by atoms with Gasteiger partial charge in [-0.1, -0.05) is 49.4 Å². The van der Waals surface area contributed by atoms with E-state index in [1.807, 2.05) is 24.8 Å². The second-order valence-corrected chi connectivity index (χ2v) is 4.84. The van der Waals surface area contributed by atoms with Gasteiger partial charge in [-0.3, -0.25) is 0 Å². The molecule has 3 heteroatoms. The van der Waals surface area contributed by atoms with Crippen LogP contribution in [0.4, 0.5) is 0 Å². The fourth-order valence-corrected chi connectivity index (χ4v) is 1.99. The summed E-state index contributed by atoms with van der Waals surface area (Å²) < 4.78 is 2.12. The highest BCUT2D eigenvalue weighted by Crippen LogP contribution is 2.01. The predicted octanol–water partition coefficient (Wildman–Crippen LogP) is 2.82.